The Kier molecular flexibility index (Phi) is 2.82. The first-order chi connectivity index (χ1) is 7.16. The highest BCUT2D eigenvalue weighted by molar-refractivity contribution is 6.32. The molecule has 0 saturated heterocycles. The van der Waals surface area contributed by atoms with E-state index >= 15 is 0 Å². The van der Waals surface area contributed by atoms with Gasteiger partial charge in [0.05, 0.1) is 5.02 Å². The summed E-state index contributed by atoms with van der Waals surface area (Å²) in [5.74, 6) is 0.428. The van der Waals surface area contributed by atoms with E-state index in [1.807, 2.05) is 12.1 Å². The van der Waals surface area contributed by atoms with Crippen molar-refractivity contribution in [2.75, 3.05) is 6.61 Å². The molecule has 1 heterocycles. The quantitative estimate of drug-likeness (QED) is 0.726. The summed E-state index contributed by atoms with van der Waals surface area (Å²) in [6, 6.07) is 5.64. The van der Waals surface area contributed by atoms with Crippen LogP contribution >= 0.6 is 11.6 Å². The summed E-state index contributed by atoms with van der Waals surface area (Å²) in [5.41, 5.74) is 1.07. The zero-order valence-electron chi connectivity index (χ0n) is 8.33. The molecule has 0 radical (unpaired) electrons. The minimum absolute atomic E-state index is 0.108. The maximum Gasteiger partial charge on any atom is 0.302 e. The predicted octanol–water partition coefficient (Wildman–Crippen LogP) is 2.21. The number of esters is 1. The molecule has 0 aliphatic carbocycles. The molecule has 4 heteroatoms. The van der Waals surface area contributed by atoms with Crippen molar-refractivity contribution in [3.05, 3.63) is 28.8 Å². The zero-order valence-corrected chi connectivity index (χ0v) is 9.08. The lowest BCUT2D eigenvalue weighted by molar-refractivity contribution is -0.143. The van der Waals surface area contributed by atoms with Crippen molar-refractivity contribution in [1.29, 1.82) is 0 Å². The van der Waals surface area contributed by atoms with E-state index in [0.717, 1.165) is 17.7 Å². The Labute approximate surface area is 92.9 Å². The van der Waals surface area contributed by atoms with Crippen molar-refractivity contribution in [3.8, 4) is 5.75 Å². The molecule has 0 N–H and O–H groups in total. The lowest BCUT2D eigenvalue weighted by Gasteiger charge is -2.10. The normalized spacial score (nSPS) is 18.1. The van der Waals surface area contributed by atoms with Crippen molar-refractivity contribution in [1.82, 2.24) is 0 Å². The van der Waals surface area contributed by atoms with Gasteiger partial charge in [-0.05, 0) is 11.6 Å². The second kappa shape index (κ2) is 4.11. The van der Waals surface area contributed by atoms with Crippen LogP contribution in [0.5, 0.6) is 5.75 Å². The van der Waals surface area contributed by atoms with E-state index in [9.17, 15) is 4.79 Å². The van der Waals surface area contributed by atoms with E-state index in [1.54, 1.807) is 6.07 Å². The van der Waals surface area contributed by atoms with Gasteiger partial charge in [0.1, 0.15) is 18.5 Å². The largest absolute Gasteiger partial charge is 0.485 e. The van der Waals surface area contributed by atoms with Crippen LogP contribution in [0, 0.1) is 0 Å². The number of hydrogen-bond donors (Lipinski definition) is 0. The van der Waals surface area contributed by atoms with Crippen LogP contribution in [0.3, 0.4) is 0 Å². The monoisotopic (exact) mass is 226 g/mol. The Morgan fingerprint density at radius 2 is 2.47 bits per heavy atom. The highest BCUT2D eigenvalue weighted by atomic mass is 35.5. The molecular weight excluding hydrogens is 216 g/mol. The van der Waals surface area contributed by atoms with E-state index in [2.05, 4.69) is 0 Å². The molecule has 1 aromatic rings. The fourth-order valence-corrected chi connectivity index (χ4v) is 1.84. The number of halogens is 1. The van der Waals surface area contributed by atoms with E-state index in [4.69, 9.17) is 21.1 Å². The summed E-state index contributed by atoms with van der Waals surface area (Å²) in [7, 11) is 0. The first-order valence-electron chi connectivity index (χ1n) is 4.74. The number of hydrogen-bond acceptors (Lipinski definition) is 3. The van der Waals surface area contributed by atoms with Gasteiger partial charge in [0, 0.05) is 13.3 Å². The SMILES string of the molecule is CC(=O)OCC1Cc2cccc(Cl)c2O1. The van der Waals surface area contributed by atoms with E-state index in [0.29, 0.717) is 5.02 Å². The van der Waals surface area contributed by atoms with Gasteiger partial charge in [-0.3, -0.25) is 4.79 Å². The Morgan fingerprint density at radius 3 is 3.13 bits per heavy atom. The fourth-order valence-electron chi connectivity index (χ4n) is 1.60. The Bertz CT molecular complexity index is 389. The highest BCUT2D eigenvalue weighted by Crippen LogP contribution is 2.35. The first-order valence-corrected chi connectivity index (χ1v) is 5.12. The Balaban J connectivity index is 2.03. The number of benzene rings is 1. The molecule has 0 amide bonds. The molecule has 0 spiro atoms. The highest BCUT2D eigenvalue weighted by Gasteiger charge is 2.25. The van der Waals surface area contributed by atoms with Crippen LogP contribution in [0.25, 0.3) is 0 Å². The molecule has 1 aromatic carbocycles. The fraction of sp³-hybridized carbons (Fsp3) is 0.364. The second-order valence-electron chi connectivity index (χ2n) is 3.47. The van der Waals surface area contributed by atoms with Crippen molar-refractivity contribution in [3.63, 3.8) is 0 Å². The zero-order chi connectivity index (χ0) is 10.8. The molecule has 3 nitrogen and oxygen atoms in total. The van der Waals surface area contributed by atoms with Gasteiger partial charge < -0.3 is 9.47 Å². The molecule has 0 aromatic heterocycles. The third-order valence-corrected chi connectivity index (χ3v) is 2.55. The van der Waals surface area contributed by atoms with Crippen molar-refractivity contribution < 1.29 is 14.3 Å². The smallest absolute Gasteiger partial charge is 0.302 e. The number of carbonyl (C=O) groups excluding carboxylic acids is 1. The van der Waals surface area contributed by atoms with Crippen molar-refractivity contribution >= 4 is 17.6 Å². The number of fused-ring (bicyclic) bond motifs is 1. The summed E-state index contributed by atoms with van der Waals surface area (Å²) in [6.07, 6.45) is 0.632. The number of carbonyl (C=O) groups is 1. The minimum Gasteiger partial charge on any atom is -0.485 e. The van der Waals surface area contributed by atoms with Crippen LogP contribution < -0.4 is 4.74 Å². The molecule has 80 valence electrons. The molecular formula is C11H11ClO3. The number of para-hydroxylation sites is 1. The Hall–Kier alpha value is -1.22. The van der Waals surface area contributed by atoms with E-state index in [1.165, 1.54) is 6.92 Å². The third-order valence-electron chi connectivity index (χ3n) is 2.25. The maximum absolute atomic E-state index is 10.6. The summed E-state index contributed by atoms with van der Waals surface area (Å²) in [5, 5.41) is 0.609. The van der Waals surface area contributed by atoms with Gasteiger partial charge in [0.2, 0.25) is 0 Å². The van der Waals surface area contributed by atoms with Gasteiger partial charge in [-0.2, -0.15) is 0 Å². The summed E-state index contributed by atoms with van der Waals surface area (Å²) >= 11 is 5.96. The van der Waals surface area contributed by atoms with Crippen LogP contribution in [0.15, 0.2) is 18.2 Å². The van der Waals surface area contributed by atoms with Crippen LogP contribution in [0.1, 0.15) is 12.5 Å². The summed E-state index contributed by atoms with van der Waals surface area (Å²) < 4.78 is 10.5. The van der Waals surface area contributed by atoms with Gasteiger partial charge in [-0.15, -0.1) is 0 Å². The average molecular weight is 227 g/mol. The molecule has 0 saturated carbocycles. The van der Waals surface area contributed by atoms with Crippen LogP contribution in [-0.2, 0) is 16.0 Å². The number of rotatable bonds is 2. The van der Waals surface area contributed by atoms with Gasteiger partial charge >= 0.3 is 5.97 Å². The second-order valence-corrected chi connectivity index (χ2v) is 3.88. The predicted molar refractivity (Wildman–Crippen MR) is 56.2 cm³/mol. The molecule has 1 aliphatic rings. The topological polar surface area (TPSA) is 35.5 Å². The van der Waals surface area contributed by atoms with Crippen LogP contribution in [-0.4, -0.2) is 18.7 Å². The van der Waals surface area contributed by atoms with E-state index in [-0.39, 0.29) is 18.7 Å². The summed E-state index contributed by atoms with van der Waals surface area (Å²) in [4.78, 5) is 10.6. The Morgan fingerprint density at radius 1 is 1.67 bits per heavy atom. The van der Waals surface area contributed by atoms with Crippen LogP contribution in [0.2, 0.25) is 5.02 Å². The van der Waals surface area contributed by atoms with Crippen molar-refractivity contribution in [2.24, 2.45) is 0 Å². The van der Waals surface area contributed by atoms with Gasteiger partial charge in [0.25, 0.3) is 0 Å². The maximum atomic E-state index is 10.6. The first kappa shape index (κ1) is 10.3. The number of ether oxygens (including phenoxy) is 2. The van der Waals surface area contributed by atoms with Gasteiger partial charge in [0.15, 0.2) is 0 Å². The average Bonchev–Trinajstić information content (AvgIpc) is 2.59. The van der Waals surface area contributed by atoms with Gasteiger partial charge in [-0.1, -0.05) is 23.7 Å². The molecule has 0 fully saturated rings. The molecule has 0 bridgehead atoms. The van der Waals surface area contributed by atoms with Gasteiger partial charge in [-0.25, -0.2) is 0 Å². The van der Waals surface area contributed by atoms with Crippen LogP contribution in [0.4, 0.5) is 0 Å². The molecule has 15 heavy (non-hydrogen) atoms. The van der Waals surface area contributed by atoms with E-state index < -0.39 is 0 Å². The summed E-state index contributed by atoms with van der Waals surface area (Å²) in [6.45, 7) is 1.66. The molecule has 2 rings (SSSR count). The third kappa shape index (κ3) is 2.23. The lowest BCUT2D eigenvalue weighted by Crippen LogP contribution is -2.21. The minimum atomic E-state index is -0.291. The standard InChI is InChI=1S/C11H11ClO3/c1-7(13)14-6-9-5-8-3-2-4-10(12)11(8)15-9/h2-4,9H,5-6H2,1H3. The molecule has 1 aliphatic heterocycles. The molecule has 1 unspecified atom stereocenters. The van der Waals surface area contributed by atoms with Crippen molar-refractivity contribution in [2.45, 2.75) is 19.4 Å². The molecule has 1 atom stereocenters. The lowest BCUT2D eigenvalue weighted by atomic mass is 10.1.